The molecule has 2 aromatic carbocycles. The van der Waals surface area contributed by atoms with E-state index in [1.54, 1.807) is 24.3 Å². The minimum Gasteiger partial charge on any atom is -0.326 e. The zero-order valence-electron chi connectivity index (χ0n) is 12.1. The van der Waals surface area contributed by atoms with Crippen molar-refractivity contribution in [2.24, 2.45) is 5.92 Å². The number of benzene rings is 2. The summed E-state index contributed by atoms with van der Waals surface area (Å²) >= 11 is 3.33. The topological polar surface area (TPSA) is 49.4 Å². The molecule has 23 heavy (non-hydrogen) atoms. The first kappa shape index (κ1) is 15.7. The van der Waals surface area contributed by atoms with E-state index in [1.165, 1.54) is 17.0 Å². The molecule has 118 valence electrons. The molecule has 1 N–H and O–H groups in total. The number of carbonyl (C=O) groups is 2. The van der Waals surface area contributed by atoms with Crippen LogP contribution in [0, 0.1) is 11.7 Å². The largest absolute Gasteiger partial charge is 0.326 e. The van der Waals surface area contributed by atoms with Gasteiger partial charge in [0.15, 0.2) is 0 Å². The summed E-state index contributed by atoms with van der Waals surface area (Å²) in [5.74, 6) is -1.10. The molecule has 1 saturated heterocycles. The van der Waals surface area contributed by atoms with Gasteiger partial charge in [0.1, 0.15) is 5.82 Å². The summed E-state index contributed by atoms with van der Waals surface area (Å²) in [6.45, 7) is 0.298. The van der Waals surface area contributed by atoms with Gasteiger partial charge in [-0.25, -0.2) is 4.39 Å². The summed E-state index contributed by atoms with van der Waals surface area (Å²) in [4.78, 5) is 26.0. The van der Waals surface area contributed by atoms with Gasteiger partial charge in [0, 0.05) is 28.8 Å². The standard InChI is InChI=1S/C17H14BrFN2O2/c18-12-1-5-14(6-2-12)20-17(23)11-9-16(22)21(10-11)15-7-3-13(19)4-8-15/h1-8,11H,9-10H2,(H,20,23)/t11-/m1/s1. The molecule has 0 radical (unpaired) electrons. The Bertz CT molecular complexity index is 731. The van der Waals surface area contributed by atoms with Crippen molar-refractivity contribution in [3.8, 4) is 0 Å². The first-order valence-electron chi connectivity index (χ1n) is 7.15. The quantitative estimate of drug-likeness (QED) is 0.889. The molecule has 1 aliphatic rings. The molecule has 0 saturated carbocycles. The second-order valence-corrected chi connectivity index (χ2v) is 6.29. The second kappa shape index (κ2) is 6.50. The maximum Gasteiger partial charge on any atom is 0.229 e. The number of hydrogen-bond donors (Lipinski definition) is 1. The van der Waals surface area contributed by atoms with Gasteiger partial charge in [-0.1, -0.05) is 15.9 Å². The Morgan fingerprint density at radius 1 is 1.13 bits per heavy atom. The van der Waals surface area contributed by atoms with Crippen molar-refractivity contribution in [3.63, 3.8) is 0 Å². The van der Waals surface area contributed by atoms with E-state index in [-0.39, 0.29) is 24.1 Å². The molecule has 3 rings (SSSR count). The van der Waals surface area contributed by atoms with Crippen LogP contribution in [0.2, 0.25) is 0 Å². The molecule has 1 aliphatic heterocycles. The molecule has 4 nitrogen and oxygen atoms in total. The zero-order valence-corrected chi connectivity index (χ0v) is 13.7. The number of nitrogens with zero attached hydrogens (tertiary/aromatic N) is 1. The molecule has 0 aromatic heterocycles. The Morgan fingerprint density at radius 2 is 1.78 bits per heavy atom. The Kier molecular flexibility index (Phi) is 4.43. The average molecular weight is 377 g/mol. The minimum absolute atomic E-state index is 0.132. The fourth-order valence-electron chi connectivity index (χ4n) is 2.53. The molecule has 1 fully saturated rings. The summed E-state index contributed by atoms with van der Waals surface area (Å²) in [6, 6.07) is 12.9. The number of rotatable bonds is 3. The number of amides is 2. The number of halogens is 2. The van der Waals surface area contributed by atoms with Crippen molar-refractivity contribution < 1.29 is 14.0 Å². The van der Waals surface area contributed by atoms with E-state index in [4.69, 9.17) is 0 Å². The van der Waals surface area contributed by atoms with Crippen molar-refractivity contribution in [2.75, 3.05) is 16.8 Å². The average Bonchev–Trinajstić information content (AvgIpc) is 2.92. The molecule has 0 unspecified atom stereocenters. The normalized spacial score (nSPS) is 17.4. The van der Waals surface area contributed by atoms with Gasteiger partial charge in [-0.3, -0.25) is 9.59 Å². The first-order chi connectivity index (χ1) is 11.0. The van der Waals surface area contributed by atoms with Crippen LogP contribution in [-0.4, -0.2) is 18.4 Å². The molecule has 1 atom stereocenters. The van der Waals surface area contributed by atoms with Crippen LogP contribution in [0.25, 0.3) is 0 Å². The van der Waals surface area contributed by atoms with Gasteiger partial charge < -0.3 is 10.2 Å². The van der Waals surface area contributed by atoms with Crippen molar-refractivity contribution in [2.45, 2.75) is 6.42 Å². The molecule has 0 bridgehead atoms. The van der Waals surface area contributed by atoms with Crippen LogP contribution < -0.4 is 10.2 Å². The van der Waals surface area contributed by atoms with E-state index < -0.39 is 5.92 Å². The van der Waals surface area contributed by atoms with E-state index in [9.17, 15) is 14.0 Å². The lowest BCUT2D eigenvalue weighted by atomic mass is 10.1. The summed E-state index contributed by atoms with van der Waals surface area (Å²) in [5, 5.41) is 2.81. The van der Waals surface area contributed by atoms with Crippen molar-refractivity contribution in [3.05, 3.63) is 58.8 Å². The van der Waals surface area contributed by atoms with Crippen LogP contribution in [0.3, 0.4) is 0 Å². The van der Waals surface area contributed by atoms with Crippen molar-refractivity contribution >= 4 is 39.1 Å². The molecule has 6 heteroatoms. The first-order valence-corrected chi connectivity index (χ1v) is 7.94. The summed E-state index contributed by atoms with van der Waals surface area (Å²) < 4.78 is 13.9. The lowest BCUT2D eigenvalue weighted by Crippen LogP contribution is -2.28. The molecule has 2 aromatic rings. The molecule has 0 aliphatic carbocycles. The third kappa shape index (κ3) is 3.59. The maximum atomic E-state index is 13.0. The Morgan fingerprint density at radius 3 is 2.43 bits per heavy atom. The minimum atomic E-state index is -0.420. The smallest absolute Gasteiger partial charge is 0.229 e. The fraction of sp³-hybridized carbons (Fsp3) is 0.176. The highest BCUT2D eigenvalue weighted by molar-refractivity contribution is 9.10. The predicted octanol–water partition coefficient (Wildman–Crippen LogP) is 3.58. The molecule has 1 heterocycles. The molecular weight excluding hydrogens is 363 g/mol. The number of carbonyl (C=O) groups excluding carboxylic acids is 2. The van der Waals surface area contributed by atoms with Gasteiger partial charge in [0.05, 0.1) is 5.92 Å². The van der Waals surface area contributed by atoms with Crippen LogP contribution in [0.15, 0.2) is 53.0 Å². The van der Waals surface area contributed by atoms with Crippen molar-refractivity contribution in [1.82, 2.24) is 0 Å². The summed E-state index contributed by atoms with van der Waals surface area (Å²) in [5.41, 5.74) is 1.29. The van der Waals surface area contributed by atoms with Crippen LogP contribution in [0.5, 0.6) is 0 Å². The highest BCUT2D eigenvalue weighted by Crippen LogP contribution is 2.26. The SMILES string of the molecule is O=C(Nc1ccc(Br)cc1)[C@@H]1CC(=O)N(c2ccc(F)cc2)C1. The van der Waals surface area contributed by atoms with E-state index in [1.807, 2.05) is 12.1 Å². The molecule has 2 amide bonds. The highest BCUT2D eigenvalue weighted by atomic mass is 79.9. The number of nitrogens with one attached hydrogen (secondary N) is 1. The van der Waals surface area contributed by atoms with E-state index in [0.717, 1.165) is 4.47 Å². The monoisotopic (exact) mass is 376 g/mol. The van der Waals surface area contributed by atoms with Gasteiger partial charge in [0.25, 0.3) is 0 Å². The van der Waals surface area contributed by atoms with Crippen LogP contribution in [0.4, 0.5) is 15.8 Å². The third-order valence-corrected chi connectivity index (χ3v) is 4.27. The summed E-state index contributed by atoms with van der Waals surface area (Å²) in [6.07, 6.45) is 0.153. The third-order valence-electron chi connectivity index (χ3n) is 3.75. The van der Waals surface area contributed by atoms with Gasteiger partial charge in [-0.05, 0) is 48.5 Å². The highest BCUT2D eigenvalue weighted by Gasteiger charge is 2.35. The van der Waals surface area contributed by atoms with Gasteiger partial charge in [-0.2, -0.15) is 0 Å². The van der Waals surface area contributed by atoms with Crippen molar-refractivity contribution in [1.29, 1.82) is 0 Å². The van der Waals surface area contributed by atoms with Gasteiger partial charge in [0.2, 0.25) is 11.8 Å². The van der Waals surface area contributed by atoms with E-state index in [0.29, 0.717) is 17.9 Å². The fourth-order valence-corrected chi connectivity index (χ4v) is 2.80. The van der Waals surface area contributed by atoms with Crippen LogP contribution in [-0.2, 0) is 9.59 Å². The zero-order chi connectivity index (χ0) is 16.4. The number of anilines is 2. The Hall–Kier alpha value is -2.21. The lowest BCUT2D eigenvalue weighted by Gasteiger charge is -2.16. The predicted molar refractivity (Wildman–Crippen MR) is 89.6 cm³/mol. The maximum absolute atomic E-state index is 13.0. The number of hydrogen-bond acceptors (Lipinski definition) is 2. The summed E-state index contributed by atoms with van der Waals surface area (Å²) in [7, 11) is 0. The molecular formula is C17H14BrFN2O2. The van der Waals surface area contributed by atoms with Gasteiger partial charge >= 0.3 is 0 Å². The molecule has 0 spiro atoms. The van der Waals surface area contributed by atoms with E-state index in [2.05, 4.69) is 21.2 Å². The van der Waals surface area contributed by atoms with Crippen LogP contribution >= 0.6 is 15.9 Å². The Balaban J connectivity index is 1.68. The lowest BCUT2D eigenvalue weighted by molar-refractivity contribution is -0.122. The van der Waals surface area contributed by atoms with Gasteiger partial charge in [-0.15, -0.1) is 0 Å². The van der Waals surface area contributed by atoms with E-state index >= 15 is 0 Å². The van der Waals surface area contributed by atoms with Crippen LogP contribution in [0.1, 0.15) is 6.42 Å². The second-order valence-electron chi connectivity index (χ2n) is 5.38. The Labute approximate surface area is 141 Å².